The average molecular weight is 217 g/mol. The highest BCUT2D eigenvalue weighted by Gasteiger charge is 2.18. The Hall–Kier alpha value is -0.120. The standard InChI is InChI=1S/C12H27NO2/c1-6-9-12(4,5)13-10-11(14-7-2)15-8-3/h11,13H,6-10H2,1-5H3. The molecular formula is C12H27NO2. The third kappa shape index (κ3) is 7.77. The first-order valence-corrected chi connectivity index (χ1v) is 6.04. The van der Waals surface area contributed by atoms with E-state index in [1.54, 1.807) is 0 Å². The Kier molecular flexibility index (Phi) is 8.02. The molecule has 0 amide bonds. The van der Waals surface area contributed by atoms with E-state index in [1.165, 1.54) is 6.42 Å². The summed E-state index contributed by atoms with van der Waals surface area (Å²) in [5.41, 5.74) is 0.168. The summed E-state index contributed by atoms with van der Waals surface area (Å²) < 4.78 is 10.9. The van der Waals surface area contributed by atoms with Gasteiger partial charge in [-0.2, -0.15) is 0 Å². The van der Waals surface area contributed by atoms with Gasteiger partial charge >= 0.3 is 0 Å². The van der Waals surface area contributed by atoms with Gasteiger partial charge in [0.1, 0.15) is 0 Å². The zero-order valence-electron chi connectivity index (χ0n) is 10.9. The maximum absolute atomic E-state index is 5.47. The molecule has 0 aromatic rings. The molecule has 0 unspecified atom stereocenters. The fourth-order valence-corrected chi connectivity index (χ4v) is 1.61. The van der Waals surface area contributed by atoms with Gasteiger partial charge in [-0.1, -0.05) is 13.3 Å². The van der Waals surface area contributed by atoms with Crippen LogP contribution >= 0.6 is 0 Å². The Balaban J connectivity index is 3.85. The van der Waals surface area contributed by atoms with Gasteiger partial charge in [0.25, 0.3) is 0 Å². The van der Waals surface area contributed by atoms with E-state index in [2.05, 4.69) is 26.1 Å². The van der Waals surface area contributed by atoms with Crippen molar-refractivity contribution >= 4 is 0 Å². The lowest BCUT2D eigenvalue weighted by atomic mass is 9.99. The van der Waals surface area contributed by atoms with Crippen LogP contribution in [0.4, 0.5) is 0 Å². The van der Waals surface area contributed by atoms with Gasteiger partial charge in [-0.25, -0.2) is 0 Å². The van der Waals surface area contributed by atoms with Crippen molar-refractivity contribution in [3.05, 3.63) is 0 Å². The number of hydrogen-bond donors (Lipinski definition) is 1. The highest BCUT2D eigenvalue weighted by atomic mass is 16.7. The van der Waals surface area contributed by atoms with Crippen molar-refractivity contribution < 1.29 is 9.47 Å². The lowest BCUT2D eigenvalue weighted by molar-refractivity contribution is -0.135. The maximum Gasteiger partial charge on any atom is 0.169 e. The van der Waals surface area contributed by atoms with E-state index in [-0.39, 0.29) is 11.8 Å². The van der Waals surface area contributed by atoms with Gasteiger partial charge < -0.3 is 14.8 Å². The predicted molar refractivity (Wildman–Crippen MR) is 64.0 cm³/mol. The van der Waals surface area contributed by atoms with Crippen LogP contribution in [0.25, 0.3) is 0 Å². The second kappa shape index (κ2) is 8.08. The Morgan fingerprint density at radius 2 is 1.60 bits per heavy atom. The van der Waals surface area contributed by atoms with Gasteiger partial charge in [-0.15, -0.1) is 0 Å². The van der Waals surface area contributed by atoms with Crippen LogP contribution in [0.5, 0.6) is 0 Å². The normalized spacial score (nSPS) is 12.4. The molecule has 0 heterocycles. The largest absolute Gasteiger partial charge is 0.352 e. The highest BCUT2D eigenvalue weighted by molar-refractivity contribution is 4.76. The zero-order chi connectivity index (χ0) is 11.7. The minimum absolute atomic E-state index is 0.115. The minimum Gasteiger partial charge on any atom is -0.352 e. The number of hydrogen-bond acceptors (Lipinski definition) is 3. The van der Waals surface area contributed by atoms with Gasteiger partial charge in [0.05, 0.1) is 0 Å². The summed E-state index contributed by atoms with van der Waals surface area (Å²) in [6, 6.07) is 0. The van der Waals surface area contributed by atoms with Gasteiger partial charge in [0, 0.05) is 25.3 Å². The van der Waals surface area contributed by atoms with E-state index in [0.29, 0.717) is 13.2 Å². The third-order valence-corrected chi connectivity index (χ3v) is 2.33. The number of ether oxygens (including phenoxy) is 2. The van der Waals surface area contributed by atoms with Crippen molar-refractivity contribution in [1.82, 2.24) is 5.32 Å². The quantitative estimate of drug-likeness (QED) is 0.602. The Morgan fingerprint density at radius 3 is 2.00 bits per heavy atom. The highest BCUT2D eigenvalue weighted by Crippen LogP contribution is 2.10. The van der Waals surface area contributed by atoms with Crippen molar-refractivity contribution in [1.29, 1.82) is 0 Å². The molecule has 0 saturated heterocycles. The molecule has 3 nitrogen and oxygen atoms in total. The fourth-order valence-electron chi connectivity index (χ4n) is 1.61. The summed E-state index contributed by atoms with van der Waals surface area (Å²) in [6.07, 6.45) is 2.24. The van der Waals surface area contributed by atoms with Crippen molar-refractivity contribution in [3.8, 4) is 0 Å². The SMILES string of the molecule is CCCC(C)(C)NCC(OCC)OCC. The Morgan fingerprint density at radius 1 is 1.07 bits per heavy atom. The average Bonchev–Trinajstić information content (AvgIpc) is 2.15. The first-order valence-electron chi connectivity index (χ1n) is 6.04. The van der Waals surface area contributed by atoms with E-state index in [0.717, 1.165) is 13.0 Å². The molecule has 0 aromatic heterocycles. The second-order valence-electron chi connectivity index (χ2n) is 4.36. The minimum atomic E-state index is -0.115. The van der Waals surface area contributed by atoms with Crippen LogP contribution in [-0.4, -0.2) is 31.6 Å². The smallest absolute Gasteiger partial charge is 0.169 e. The van der Waals surface area contributed by atoms with E-state index < -0.39 is 0 Å². The van der Waals surface area contributed by atoms with Crippen LogP contribution in [-0.2, 0) is 9.47 Å². The van der Waals surface area contributed by atoms with Gasteiger partial charge in [-0.3, -0.25) is 0 Å². The molecule has 0 spiro atoms. The summed E-state index contributed by atoms with van der Waals surface area (Å²) in [5.74, 6) is 0. The summed E-state index contributed by atoms with van der Waals surface area (Å²) in [7, 11) is 0. The first-order chi connectivity index (χ1) is 7.05. The third-order valence-electron chi connectivity index (χ3n) is 2.33. The summed E-state index contributed by atoms with van der Waals surface area (Å²) in [5, 5.41) is 3.48. The molecule has 0 aliphatic carbocycles. The molecule has 0 aromatic carbocycles. The molecule has 0 aliphatic heterocycles. The van der Waals surface area contributed by atoms with Crippen LogP contribution in [0, 0.1) is 0 Å². The zero-order valence-corrected chi connectivity index (χ0v) is 10.9. The van der Waals surface area contributed by atoms with Crippen LogP contribution < -0.4 is 5.32 Å². The predicted octanol–water partition coefficient (Wildman–Crippen LogP) is 2.55. The van der Waals surface area contributed by atoms with Crippen molar-refractivity contribution in [3.63, 3.8) is 0 Å². The first kappa shape index (κ1) is 14.9. The lowest BCUT2D eigenvalue weighted by Gasteiger charge is -2.28. The van der Waals surface area contributed by atoms with E-state index in [9.17, 15) is 0 Å². The van der Waals surface area contributed by atoms with Gasteiger partial charge in [-0.05, 0) is 34.1 Å². The van der Waals surface area contributed by atoms with E-state index in [1.807, 2.05) is 13.8 Å². The maximum atomic E-state index is 5.47. The van der Waals surface area contributed by atoms with E-state index in [4.69, 9.17) is 9.47 Å². The molecule has 15 heavy (non-hydrogen) atoms. The molecule has 0 saturated carbocycles. The molecular weight excluding hydrogens is 190 g/mol. The van der Waals surface area contributed by atoms with Crippen molar-refractivity contribution in [2.75, 3.05) is 19.8 Å². The topological polar surface area (TPSA) is 30.5 Å². The lowest BCUT2D eigenvalue weighted by Crippen LogP contribution is -2.44. The molecule has 0 radical (unpaired) electrons. The Bertz CT molecular complexity index is 143. The van der Waals surface area contributed by atoms with E-state index >= 15 is 0 Å². The van der Waals surface area contributed by atoms with Crippen LogP contribution in [0.1, 0.15) is 47.5 Å². The van der Waals surface area contributed by atoms with Crippen molar-refractivity contribution in [2.24, 2.45) is 0 Å². The van der Waals surface area contributed by atoms with Gasteiger partial charge in [0.2, 0.25) is 0 Å². The van der Waals surface area contributed by atoms with Crippen LogP contribution in [0.2, 0.25) is 0 Å². The van der Waals surface area contributed by atoms with Crippen LogP contribution in [0.15, 0.2) is 0 Å². The fraction of sp³-hybridized carbons (Fsp3) is 1.00. The number of nitrogens with one attached hydrogen (secondary N) is 1. The van der Waals surface area contributed by atoms with Gasteiger partial charge in [0.15, 0.2) is 6.29 Å². The molecule has 0 aliphatic rings. The second-order valence-corrected chi connectivity index (χ2v) is 4.36. The molecule has 0 atom stereocenters. The Labute approximate surface area is 94.5 Å². The molecule has 0 bridgehead atoms. The molecule has 0 fully saturated rings. The molecule has 1 N–H and O–H groups in total. The molecule has 0 rings (SSSR count). The van der Waals surface area contributed by atoms with Crippen molar-refractivity contribution in [2.45, 2.75) is 59.3 Å². The summed E-state index contributed by atoms with van der Waals surface area (Å²) >= 11 is 0. The molecule has 3 heteroatoms. The summed E-state index contributed by atoms with van der Waals surface area (Å²) in [4.78, 5) is 0. The monoisotopic (exact) mass is 217 g/mol. The van der Waals surface area contributed by atoms with Crippen LogP contribution in [0.3, 0.4) is 0 Å². The summed E-state index contributed by atoms with van der Waals surface area (Å²) in [6.45, 7) is 12.8. The number of rotatable bonds is 9. The molecule has 92 valence electrons.